The van der Waals surface area contributed by atoms with Gasteiger partial charge in [-0.3, -0.25) is 24.3 Å². The second-order valence-electron chi connectivity index (χ2n) is 17.1. The van der Waals surface area contributed by atoms with Crippen molar-refractivity contribution in [1.82, 2.24) is 30.8 Å². The van der Waals surface area contributed by atoms with E-state index < -0.39 is 17.7 Å². The number of phenolic OH excluding ortho intramolecular Hbond substituents is 1. The summed E-state index contributed by atoms with van der Waals surface area (Å²) in [6, 6.07) is 34.5. The SMILES string of the molecule is O=C(COc1cccc([C@](O)(C(=O)OCC2CCN(Cc3ccccc3)CC2)c2ccccc2)c1)NC1CC(NC(=O)c2ccc(CNC[C@H](O)c3ccc(O)c4[nH]c(=O)ccc34)cn2)C1. The quantitative estimate of drug-likeness (QED) is 0.0590. The Bertz CT molecular complexity index is 2670. The molecule has 15 nitrogen and oxygen atoms in total. The van der Waals surface area contributed by atoms with Gasteiger partial charge in [0.15, 0.2) is 6.61 Å². The molecule has 6 aromatic rings. The van der Waals surface area contributed by atoms with Crippen molar-refractivity contribution in [1.29, 1.82) is 0 Å². The predicted molar refractivity (Wildman–Crippen MR) is 246 cm³/mol. The first-order chi connectivity index (χ1) is 32.0. The number of H-pyrrole nitrogens is 1. The van der Waals surface area contributed by atoms with Gasteiger partial charge in [-0.2, -0.15) is 0 Å². The number of carbonyl (C=O) groups excluding carboxylic acids is 3. The molecule has 1 saturated heterocycles. The zero-order valence-corrected chi connectivity index (χ0v) is 36.4. The Kier molecular flexibility index (Phi) is 14.5. The van der Waals surface area contributed by atoms with Crippen LogP contribution in [0, 0.1) is 5.92 Å². The van der Waals surface area contributed by atoms with Crippen LogP contribution in [-0.2, 0) is 33.0 Å². The molecule has 1 saturated carbocycles. The Labute approximate surface area is 381 Å². The van der Waals surface area contributed by atoms with Gasteiger partial charge in [0.1, 0.15) is 17.2 Å². The van der Waals surface area contributed by atoms with E-state index in [0.29, 0.717) is 41.6 Å². The van der Waals surface area contributed by atoms with Gasteiger partial charge in [0.2, 0.25) is 11.2 Å². The van der Waals surface area contributed by atoms with Crippen LogP contribution in [0.15, 0.2) is 132 Å². The van der Waals surface area contributed by atoms with Gasteiger partial charge in [-0.05, 0) is 97.3 Å². The van der Waals surface area contributed by atoms with Crippen LogP contribution in [0.25, 0.3) is 10.9 Å². The van der Waals surface area contributed by atoms with Crippen molar-refractivity contribution in [2.24, 2.45) is 5.92 Å². The first-order valence-corrected chi connectivity index (χ1v) is 22.3. The lowest BCUT2D eigenvalue weighted by Crippen LogP contribution is -2.54. The molecule has 4 aromatic carbocycles. The summed E-state index contributed by atoms with van der Waals surface area (Å²) in [4.78, 5) is 60.7. The summed E-state index contributed by atoms with van der Waals surface area (Å²) in [5.74, 6) is -1.08. The summed E-state index contributed by atoms with van der Waals surface area (Å²) in [7, 11) is 0. The third kappa shape index (κ3) is 11.1. The molecule has 0 radical (unpaired) electrons. The second kappa shape index (κ2) is 20.9. The van der Waals surface area contributed by atoms with Crippen molar-refractivity contribution in [2.45, 2.75) is 62.6 Å². The zero-order valence-electron chi connectivity index (χ0n) is 36.4. The highest BCUT2D eigenvalue weighted by Gasteiger charge is 2.42. The van der Waals surface area contributed by atoms with Crippen molar-refractivity contribution in [3.63, 3.8) is 0 Å². The number of hydrogen-bond donors (Lipinski definition) is 7. The van der Waals surface area contributed by atoms with Crippen LogP contribution in [-0.4, -0.2) is 92.9 Å². The number of nitrogens with one attached hydrogen (secondary N) is 4. The maximum atomic E-state index is 13.8. The van der Waals surface area contributed by atoms with E-state index in [4.69, 9.17) is 9.47 Å². The van der Waals surface area contributed by atoms with Crippen LogP contribution in [0.2, 0.25) is 0 Å². The van der Waals surface area contributed by atoms with Crippen molar-refractivity contribution in [2.75, 3.05) is 32.8 Å². The Morgan fingerprint density at radius 3 is 2.30 bits per heavy atom. The number of aromatic amines is 1. The highest BCUT2D eigenvalue weighted by molar-refractivity contribution is 5.92. The van der Waals surface area contributed by atoms with Crippen molar-refractivity contribution >= 4 is 28.7 Å². The number of amides is 2. The van der Waals surface area contributed by atoms with Gasteiger partial charge in [-0.25, -0.2) is 4.79 Å². The maximum absolute atomic E-state index is 13.8. The van der Waals surface area contributed by atoms with Crippen LogP contribution in [0.3, 0.4) is 0 Å². The van der Waals surface area contributed by atoms with E-state index in [1.54, 1.807) is 85.1 Å². The lowest BCUT2D eigenvalue weighted by atomic mass is 9.86. The number of hydrogen-bond acceptors (Lipinski definition) is 12. The van der Waals surface area contributed by atoms with Gasteiger partial charge in [0.05, 0.1) is 18.2 Å². The predicted octanol–water partition coefficient (Wildman–Crippen LogP) is 4.60. The van der Waals surface area contributed by atoms with Gasteiger partial charge in [0, 0.05) is 54.9 Å². The number of phenols is 1. The summed E-state index contributed by atoms with van der Waals surface area (Å²) in [5, 5.41) is 42.7. The van der Waals surface area contributed by atoms with Crippen molar-refractivity contribution in [3.8, 4) is 11.5 Å². The van der Waals surface area contributed by atoms with E-state index in [2.05, 4.69) is 43.0 Å². The number of esters is 1. The zero-order chi connectivity index (χ0) is 46.0. The number of fused-ring (bicyclic) bond motifs is 1. The van der Waals surface area contributed by atoms with E-state index in [0.717, 1.165) is 38.0 Å². The number of nitrogens with zero attached hydrogens (tertiary/aromatic N) is 2. The van der Waals surface area contributed by atoms with E-state index >= 15 is 0 Å². The van der Waals surface area contributed by atoms with Gasteiger partial charge in [-0.15, -0.1) is 0 Å². The number of aliphatic hydroxyl groups is 2. The topological polar surface area (TPSA) is 215 Å². The number of aliphatic hydroxyl groups excluding tert-OH is 1. The Hall–Kier alpha value is -6.91. The fourth-order valence-electron chi connectivity index (χ4n) is 8.55. The molecule has 66 heavy (non-hydrogen) atoms. The molecule has 2 aliphatic rings. The molecule has 15 heteroatoms. The molecule has 2 aromatic heterocycles. The minimum Gasteiger partial charge on any atom is -0.506 e. The number of piperidine rings is 1. The number of likely N-dealkylation sites (tertiary alicyclic amines) is 1. The molecule has 342 valence electrons. The monoisotopic (exact) mass is 894 g/mol. The molecule has 7 N–H and O–H groups in total. The Balaban J connectivity index is 0.763. The molecule has 0 bridgehead atoms. The molecule has 2 fully saturated rings. The first-order valence-electron chi connectivity index (χ1n) is 22.3. The van der Waals surface area contributed by atoms with Crippen LogP contribution in [0.5, 0.6) is 11.5 Å². The fourth-order valence-corrected chi connectivity index (χ4v) is 8.55. The van der Waals surface area contributed by atoms with E-state index in [9.17, 15) is 34.5 Å². The molecule has 0 spiro atoms. The summed E-state index contributed by atoms with van der Waals surface area (Å²) in [6.07, 6.45) is 3.48. The van der Waals surface area contributed by atoms with Crippen LogP contribution < -0.4 is 26.2 Å². The number of rotatable bonds is 18. The number of aromatic nitrogens is 2. The lowest BCUT2D eigenvalue weighted by molar-refractivity contribution is -0.164. The van der Waals surface area contributed by atoms with Crippen molar-refractivity contribution < 1.29 is 39.2 Å². The minimum absolute atomic E-state index is 0.0818. The van der Waals surface area contributed by atoms with Gasteiger partial charge in [0.25, 0.3) is 11.8 Å². The molecule has 2 atom stereocenters. The van der Waals surface area contributed by atoms with E-state index in [1.165, 1.54) is 17.7 Å². The molecular formula is C51H54N6O9. The van der Waals surface area contributed by atoms with E-state index in [1.807, 2.05) is 18.2 Å². The summed E-state index contributed by atoms with van der Waals surface area (Å²) >= 11 is 0. The van der Waals surface area contributed by atoms with E-state index in [-0.39, 0.29) is 77.7 Å². The molecule has 1 aliphatic carbocycles. The molecule has 1 aliphatic heterocycles. The highest BCUT2D eigenvalue weighted by Crippen LogP contribution is 2.34. The number of pyridine rings is 2. The summed E-state index contributed by atoms with van der Waals surface area (Å²) < 4.78 is 11.7. The van der Waals surface area contributed by atoms with Gasteiger partial charge >= 0.3 is 5.97 Å². The third-order valence-corrected chi connectivity index (χ3v) is 12.3. The largest absolute Gasteiger partial charge is 0.506 e. The standard InChI is InChI=1S/C51H54N6O9/c58-44-18-15-41(42-16-19-46(60)56-48(42)44)45(59)29-52-27-35-14-17-43(53-28-35)49(62)55-39-25-38(26-39)54-47(61)32-65-40-13-7-12-37(24-40)51(64,36-10-5-2-6-11-36)50(63)66-31-34-20-22-57(23-21-34)30-33-8-3-1-4-9-33/h1-19,24,28,34,38-39,45,52,58-59,64H,20-23,25-27,29-32H2,(H,54,61)(H,55,62)(H,56,60)/t38?,39?,45-,51-/m0/s1. The molecule has 8 rings (SSSR count). The molecule has 3 heterocycles. The number of ether oxygens (including phenoxy) is 2. The van der Waals surface area contributed by atoms with Gasteiger partial charge < -0.3 is 45.7 Å². The maximum Gasteiger partial charge on any atom is 0.347 e. The summed E-state index contributed by atoms with van der Waals surface area (Å²) in [5.41, 5.74) is 1.26. The third-order valence-electron chi connectivity index (χ3n) is 12.3. The average Bonchev–Trinajstić information content (AvgIpc) is 3.33. The first kappa shape index (κ1) is 45.7. The molecule has 2 amide bonds. The fraction of sp³-hybridized carbons (Fsp3) is 0.314. The Morgan fingerprint density at radius 2 is 1.56 bits per heavy atom. The molecule has 0 unspecified atom stereocenters. The second-order valence-corrected chi connectivity index (χ2v) is 17.1. The number of aromatic hydroxyl groups is 1. The minimum atomic E-state index is -2.11. The smallest absolute Gasteiger partial charge is 0.347 e. The van der Waals surface area contributed by atoms with Crippen LogP contribution >= 0.6 is 0 Å². The Morgan fingerprint density at radius 1 is 0.833 bits per heavy atom. The van der Waals surface area contributed by atoms with Crippen molar-refractivity contribution in [3.05, 3.63) is 171 Å². The summed E-state index contributed by atoms with van der Waals surface area (Å²) in [6.45, 7) is 3.13. The lowest BCUT2D eigenvalue weighted by Gasteiger charge is -2.36. The number of carbonyl (C=O) groups is 3. The normalized spacial score (nSPS) is 17.8. The highest BCUT2D eigenvalue weighted by atomic mass is 16.5. The van der Waals surface area contributed by atoms with Gasteiger partial charge in [-0.1, -0.05) is 84.9 Å². The molecular weight excluding hydrogens is 841 g/mol. The average molecular weight is 895 g/mol. The number of benzene rings is 4. The van der Waals surface area contributed by atoms with Crippen LogP contribution in [0.4, 0.5) is 0 Å². The van der Waals surface area contributed by atoms with Crippen LogP contribution in [0.1, 0.15) is 70.1 Å².